The van der Waals surface area contributed by atoms with Crippen molar-refractivity contribution in [3.05, 3.63) is 48.4 Å². The van der Waals surface area contributed by atoms with Gasteiger partial charge in [0, 0.05) is 24.6 Å². The Morgan fingerprint density at radius 3 is 2.78 bits per heavy atom. The van der Waals surface area contributed by atoms with Gasteiger partial charge >= 0.3 is 0 Å². The molecule has 0 aliphatic carbocycles. The number of nitrogens with zero attached hydrogens (tertiary/aromatic N) is 3. The molecule has 0 radical (unpaired) electrons. The Morgan fingerprint density at radius 2 is 2.00 bits per heavy atom. The standard InChI is InChI=1S/C15H17N3/c1-15(2)7-10-18(14-11-16-8-9-17-14)13-6-4-3-5-12(13)15/h3-6,8-9,11H,7,10H2,1-2H3. The maximum atomic E-state index is 4.41. The summed E-state index contributed by atoms with van der Waals surface area (Å²) < 4.78 is 0. The van der Waals surface area contributed by atoms with Crippen LogP contribution in [0.1, 0.15) is 25.8 Å². The summed E-state index contributed by atoms with van der Waals surface area (Å²) in [5, 5.41) is 0. The molecule has 0 fully saturated rings. The molecule has 2 aromatic rings. The molecule has 0 atom stereocenters. The van der Waals surface area contributed by atoms with Crippen molar-refractivity contribution in [1.29, 1.82) is 0 Å². The van der Waals surface area contributed by atoms with E-state index in [2.05, 4.69) is 53.0 Å². The SMILES string of the molecule is CC1(C)CCN(c2cnccn2)c2ccccc21. The molecule has 3 rings (SSSR count). The third kappa shape index (κ3) is 1.76. The van der Waals surface area contributed by atoms with Gasteiger partial charge < -0.3 is 4.90 Å². The minimum atomic E-state index is 0.231. The zero-order valence-electron chi connectivity index (χ0n) is 10.8. The zero-order chi connectivity index (χ0) is 12.6. The third-order valence-corrected chi connectivity index (χ3v) is 3.71. The van der Waals surface area contributed by atoms with Crippen molar-refractivity contribution in [1.82, 2.24) is 9.97 Å². The maximum Gasteiger partial charge on any atom is 0.151 e. The molecule has 3 heteroatoms. The summed E-state index contributed by atoms with van der Waals surface area (Å²) in [5.41, 5.74) is 2.88. The fourth-order valence-corrected chi connectivity index (χ4v) is 2.60. The molecule has 0 saturated carbocycles. The molecule has 0 amide bonds. The summed E-state index contributed by atoms with van der Waals surface area (Å²) in [5.74, 6) is 0.931. The minimum absolute atomic E-state index is 0.231. The first-order valence-corrected chi connectivity index (χ1v) is 6.31. The summed E-state index contributed by atoms with van der Waals surface area (Å²) in [6, 6.07) is 8.59. The monoisotopic (exact) mass is 239 g/mol. The Kier molecular flexibility index (Phi) is 2.54. The van der Waals surface area contributed by atoms with E-state index in [1.165, 1.54) is 11.3 Å². The molecule has 0 unspecified atom stereocenters. The van der Waals surface area contributed by atoms with Gasteiger partial charge in [-0.25, -0.2) is 4.98 Å². The van der Waals surface area contributed by atoms with Crippen molar-refractivity contribution in [2.75, 3.05) is 11.4 Å². The number of benzene rings is 1. The molecular weight excluding hydrogens is 222 g/mol. The summed E-state index contributed by atoms with van der Waals surface area (Å²) in [6.07, 6.45) is 6.41. The van der Waals surface area contributed by atoms with Crippen LogP contribution in [-0.4, -0.2) is 16.5 Å². The average molecular weight is 239 g/mol. The van der Waals surface area contributed by atoms with Crippen LogP contribution in [0.25, 0.3) is 0 Å². The van der Waals surface area contributed by atoms with E-state index in [-0.39, 0.29) is 5.41 Å². The van der Waals surface area contributed by atoms with E-state index in [9.17, 15) is 0 Å². The molecule has 1 aromatic carbocycles. The molecule has 1 aromatic heterocycles. The minimum Gasteiger partial charge on any atom is -0.325 e. The Bertz CT molecular complexity index is 549. The van der Waals surface area contributed by atoms with Gasteiger partial charge in [0.2, 0.25) is 0 Å². The Hall–Kier alpha value is -1.90. The van der Waals surface area contributed by atoms with E-state index in [0.717, 1.165) is 18.8 Å². The van der Waals surface area contributed by atoms with Crippen LogP contribution in [0.4, 0.5) is 11.5 Å². The first-order chi connectivity index (χ1) is 8.68. The molecule has 18 heavy (non-hydrogen) atoms. The highest BCUT2D eigenvalue weighted by Gasteiger charge is 2.31. The molecule has 0 spiro atoms. The van der Waals surface area contributed by atoms with Crippen molar-refractivity contribution in [3.63, 3.8) is 0 Å². The van der Waals surface area contributed by atoms with E-state index in [1.54, 1.807) is 12.4 Å². The summed E-state index contributed by atoms with van der Waals surface area (Å²) >= 11 is 0. The lowest BCUT2D eigenvalue weighted by molar-refractivity contribution is 0.466. The van der Waals surface area contributed by atoms with Crippen LogP contribution in [0.2, 0.25) is 0 Å². The van der Waals surface area contributed by atoms with Crippen LogP contribution in [0, 0.1) is 0 Å². The van der Waals surface area contributed by atoms with Crippen molar-refractivity contribution < 1.29 is 0 Å². The van der Waals surface area contributed by atoms with Gasteiger partial charge in [-0.15, -0.1) is 0 Å². The van der Waals surface area contributed by atoms with Gasteiger partial charge in [0.05, 0.1) is 6.20 Å². The van der Waals surface area contributed by atoms with Gasteiger partial charge in [-0.3, -0.25) is 4.98 Å². The lowest BCUT2D eigenvalue weighted by atomic mass is 9.78. The number of para-hydroxylation sites is 1. The van der Waals surface area contributed by atoms with Crippen molar-refractivity contribution in [2.45, 2.75) is 25.7 Å². The van der Waals surface area contributed by atoms with Gasteiger partial charge in [0.15, 0.2) is 5.82 Å². The predicted octanol–water partition coefficient (Wildman–Crippen LogP) is 3.30. The Balaban J connectivity index is 2.11. The fourth-order valence-electron chi connectivity index (χ4n) is 2.60. The molecule has 0 bridgehead atoms. The highest BCUT2D eigenvalue weighted by atomic mass is 15.2. The van der Waals surface area contributed by atoms with Gasteiger partial charge in [-0.2, -0.15) is 0 Å². The van der Waals surface area contributed by atoms with Crippen molar-refractivity contribution >= 4 is 11.5 Å². The maximum absolute atomic E-state index is 4.41. The highest BCUT2D eigenvalue weighted by Crippen LogP contribution is 2.41. The smallest absolute Gasteiger partial charge is 0.151 e. The molecular formula is C15H17N3. The van der Waals surface area contributed by atoms with E-state index in [4.69, 9.17) is 0 Å². The van der Waals surface area contributed by atoms with Gasteiger partial charge in [-0.1, -0.05) is 32.0 Å². The number of anilines is 2. The number of fused-ring (bicyclic) bond motifs is 1. The van der Waals surface area contributed by atoms with Crippen molar-refractivity contribution in [3.8, 4) is 0 Å². The molecule has 1 aliphatic heterocycles. The lowest BCUT2D eigenvalue weighted by Crippen LogP contribution is -2.34. The molecule has 2 heterocycles. The van der Waals surface area contributed by atoms with E-state index in [1.807, 2.05) is 6.20 Å². The summed E-state index contributed by atoms with van der Waals surface area (Å²) in [4.78, 5) is 10.8. The molecule has 0 N–H and O–H groups in total. The molecule has 0 saturated heterocycles. The quantitative estimate of drug-likeness (QED) is 0.764. The molecule has 1 aliphatic rings. The lowest BCUT2D eigenvalue weighted by Gasteiger charge is -2.39. The number of rotatable bonds is 1. The predicted molar refractivity (Wildman–Crippen MR) is 73.1 cm³/mol. The number of hydrogen-bond acceptors (Lipinski definition) is 3. The van der Waals surface area contributed by atoms with Crippen molar-refractivity contribution in [2.24, 2.45) is 0 Å². The third-order valence-electron chi connectivity index (χ3n) is 3.71. The topological polar surface area (TPSA) is 29.0 Å². The highest BCUT2D eigenvalue weighted by molar-refractivity contribution is 5.66. The van der Waals surface area contributed by atoms with Crippen LogP contribution in [0.5, 0.6) is 0 Å². The normalized spacial score (nSPS) is 17.3. The van der Waals surface area contributed by atoms with E-state index < -0.39 is 0 Å². The zero-order valence-corrected chi connectivity index (χ0v) is 10.8. The first-order valence-electron chi connectivity index (χ1n) is 6.31. The molecule has 92 valence electrons. The second-order valence-corrected chi connectivity index (χ2v) is 5.37. The second kappa shape index (κ2) is 4.09. The first kappa shape index (κ1) is 11.2. The van der Waals surface area contributed by atoms with Crippen LogP contribution < -0.4 is 4.90 Å². The summed E-state index contributed by atoms with van der Waals surface area (Å²) in [6.45, 7) is 5.60. The van der Waals surface area contributed by atoms with E-state index >= 15 is 0 Å². The second-order valence-electron chi connectivity index (χ2n) is 5.37. The number of hydrogen-bond donors (Lipinski definition) is 0. The molecule has 3 nitrogen and oxygen atoms in total. The van der Waals surface area contributed by atoms with Gasteiger partial charge in [-0.05, 0) is 23.5 Å². The largest absolute Gasteiger partial charge is 0.325 e. The number of aromatic nitrogens is 2. The Labute approximate surface area is 108 Å². The van der Waals surface area contributed by atoms with Crippen LogP contribution in [-0.2, 0) is 5.41 Å². The van der Waals surface area contributed by atoms with Crippen LogP contribution in [0.15, 0.2) is 42.9 Å². The fraction of sp³-hybridized carbons (Fsp3) is 0.333. The van der Waals surface area contributed by atoms with Gasteiger partial charge in [0.25, 0.3) is 0 Å². The van der Waals surface area contributed by atoms with Crippen LogP contribution >= 0.6 is 0 Å². The van der Waals surface area contributed by atoms with Crippen LogP contribution in [0.3, 0.4) is 0 Å². The van der Waals surface area contributed by atoms with E-state index in [0.29, 0.717) is 0 Å². The average Bonchev–Trinajstić information content (AvgIpc) is 2.40. The van der Waals surface area contributed by atoms with Gasteiger partial charge in [0.1, 0.15) is 0 Å². The summed E-state index contributed by atoms with van der Waals surface area (Å²) in [7, 11) is 0. The Morgan fingerprint density at radius 1 is 1.17 bits per heavy atom.